The topological polar surface area (TPSA) is 40.1 Å². The molecule has 0 aliphatic carbocycles. The summed E-state index contributed by atoms with van der Waals surface area (Å²) < 4.78 is 42.3. The van der Waals surface area contributed by atoms with Gasteiger partial charge in [0.2, 0.25) is 0 Å². The molecule has 1 fully saturated rings. The number of piperidine rings is 1. The Morgan fingerprint density at radius 2 is 1.96 bits per heavy atom. The summed E-state index contributed by atoms with van der Waals surface area (Å²) in [5.41, 5.74) is 0. The first kappa shape index (κ1) is 23.7. The number of rotatable bonds is 7. The monoisotopic (exact) mass is 466 g/mol. The van der Waals surface area contributed by atoms with Gasteiger partial charge in [-0.3, -0.25) is 9.89 Å². The molecule has 144 valence electrons. The van der Waals surface area contributed by atoms with Gasteiger partial charge in [0.15, 0.2) is 5.96 Å². The Hall–Kier alpha value is -0.290. The molecule has 0 aromatic heterocycles. The predicted molar refractivity (Wildman–Crippen MR) is 101 cm³/mol. The Bertz CT molecular complexity index is 361. The number of alkyl halides is 3. The van der Waals surface area contributed by atoms with E-state index in [4.69, 9.17) is 4.74 Å². The maximum Gasteiger partial charge on any atom is 0.401 e. The molecule has 1 heterocycles. The first-order valence-corrected chi connectivity index (χ1v) is 8.18. The van der Waals surface area contributed by atoms with Crippen molar-refractivity contribution in [2.75, 3.05) is 53.4 Å². The summed E-state index contributed by atoms with van der Waals surface area (Å²) in [6.07, 6.45) is -1.22. The largest absolute Gasteiger partial charge is 0.401 e. The Morgan fingerprint density at radius 3 is 2.46 bits per heavy atom. The van der Waals surface area contributed by atoms with E-state index in [1.54, 1.807) is 7.05 Å². The number of hydrogen-bond donors (Lipinski definition) is 1. The number of halogens is 4. The fourth-order valence-electron chi connectivity index (χ4n) is 2.74. The molecular formula is C15H30F3IN4O. The zero-order valence-corrected chi connectivity index (χ0v) is 17.1. The Balaban J connectivity index is 0.00000529. The molecule has 5 nitrogen and oxygen atoms in total. The molecule has 0 unspecified atom stereocenters. The van der Waals surface area contributed by atoms with E-state index in [9.17, 15) is 13.2 Å². The molecular weight excluding hydrogens is 436 g/mol. The van der Waals surface area contributed by atoms with Crippen LogP contribution >= 0.6 is 24.0 Å². The third-order valence-electron chi connectivity index (χ3n) is 3.80. The lowest BCUT2D eigenvalue weighted by Crippen LogP contribution is -2.47. The number of aliphatic imine (C=N–C) groups is 1. The van der Waals surface area contributed by atoms with E-state index in [0.29, 0.717) is 25.6 Å². The van der Waals surface area contributed by atoms with Crippen LogP contribution in [0.4, 0.5) is 13.2 Å². The number of guanidine groups is 1. The first-order valence-electron chi connectivity index (χ1n) is 8.18. The lowest BCUT2D eigenvalue weighted by Gasteiger charge is -2.34. The molecule has 0 spiro atoms. The van der Waals surface area contributed by atoms with Crippen LogP contribution in [0.3, 0.4) is 0 Å². The zero-order chi connectivity index (χ0) is 17.3. The summed E-state index contributed by atoms with van der Waals surface area (Å²) in [6.45, 7) is 4.66. The number of ether oxygens (including phenoxy) is 1. The fraction of sp³-hybridized carbons (Fsp3) is 0.933. The van der Waals surface area contributed by atoms with E-state index >= 15 is 0 Å². The molecule has 1 N–H and O–H groups in total. The second-order valence-electron chi connectivity index (χ2n) is 5.82. The van der Waals surface area contributed by atoms with Crippen LogP contribution in [0.5, 0.6) is 0 Å². The van der Waals surface area contributed by atoms with E-state index < -0.39 is 12.7 Å². The van der Waals surface area contributed by atoms with E-state index in [1.165, 1.54) is 11.9 Å². The summed E-state index contributed by atoms with van der Waals surface area (Å²) in [5, 5.41) is 3.23. The van der Waals surface area contributed by atoms with Crippen LogP contribution in [0.1, 0.15) is 26.2 Å². The third kappa shape index (κ3) is 9.87. The fourth-order valence-corrected chi connectivity index (χ4v) is 2.74. The molecule has 0 bridgehead atoms. The average Bonchev–Trinajstić information content (AvgIpc) is 2.47. The molecule has 24 heavy (non-hydrogen) atoms. The molecule has 0 aromatic carbocycles. The van der Waals surface area contributed by atoms with E-state index in [0.717, 1.165) is 38.5 Å². The molecule has 1 rings (SSSR count). The predicted octanol–water partition coefficient (Wildman–Crippen LogP) is 2.56. The van der Waals surface area contributed by atoms with Crippen molar-refractivity contribution in [1.29, 1.82) is 0 Å². The average molecular weight is 466 g/mol. The smallest absolute Gasteiger partial charge is 0.378 e. The van der Waals surface area contributed by atoms with Gasteiger partial charge in [-0.2, -0.15) is 13.2 Å². The maximum atomic E-state index is 12.2. The van der Waals surface area contributed by atoms with Crippen LogP contribution in [-0.4, -0.2) is 81.5 Å². The van der Waals surface area contributed by atoms with E-state index in [1.807, 2.05) is 6.92 Å². The van der Waals surface area contributed by atoms with Gasteiger partial charge < -0.3 is 15.0 Å². The van der Waals surface area contributed by atoms with Gasteiger partial charge in [0, 0.05) is 33.3 Å². The Morgan fingerprint density at radius 1 is 1.33 bits per heavy atom. The highest BCUT2D eigenvalue weighted by Gasteiger charge is 2.28. The van der Waals surface area contributed by atoms with Gasteiger partial charge in [0.05, 0.1) is 12.6 Å². The third-order valence-corrected chi connectivity index (χ3v) is 3.80. The molecule has 0 radical (unpaired) electrons. The first-order chi connectivity index (χ1) is 10.9. The van der Waals surface area contributed by atoms with Crippen molar-refractivity contribution < 1.29 is 17.9 Å². The van der Waals surface area contributed by atoms with Gasteiger partial charge in [-0.25, -0.2) is 0 Å². The van der Waals surface area contributed by atoms with Gasteiger partial charge in [0.25, 0.3) is 0 Å². The van der Waals surface area contributed by atoms with Crippen molar-refractivity contribution in [2.24, 2.45) is 4.99 Å². The number of nitrogens with one attached hydrogen (secondary N) is 1. The number of hydrogen-bond acceptors (Lipinski definition) is 3. The second-order valence-corrected chi connectivity index (χ2v) is 5.82. The summed E-state index contributed by atoms with van der Waals surface area (Å²) in [4.78, 5) is 7.72. The Labute approximate surface area is 160 Å². The summed E-state index contributed by atoms with van der Waals surface area (Å²) in [6, 6.07) is 0. The van der Waals surface area contributed by atoms with Crippen LogP contribution < -0.4 is 5.32 Å². The Kier molecular flexibility index (Phi) is 12.0. The van der Waals surface area contributed by atoms with Crippen LogP contribution in [-0.2, 0) is 4.74 Å². The van der Waals surface area contributed by atoms with Crippen molar-refractivity contribution in [3.63, 3.8) is 0 Å². The summed E-state index contributed by atoms with van der Waals surface area (Å²) >= 11 is 0. The molecule has 1 saturated heterocycles. The quantitative estimate of drug-likeness (QED) is 0.271. The normalized spacial score (nSPS) is 17.1. The van der Waals surface area contributed by atoms with Crippen molar-refractivity contribution in [2.45, 2.75) is 38.5 Å². The highest BCUT2D eigenvalue weighted by Crippen LogP contribution is 2.15. The molecule has 1 aliphatic heterocycles. The molecule has 1 aliphatic rings. The van der Waals surface area contributed by atoms with Crippen molar-refractivity contribution in [3.05, 3.63) is 0 Å². The lowest BCUT2D eigenvalue weighted by atomic mass is 10.1. The maximum absolute atomic E-state index is 12.2. The van der Waals surface area contributed by atoms with Crippen LogP contribution in [0.25, 0.3) is 0 Å². The minimum absolute atomic E-state index is 0. The zero-order valence-electron chi connectivity index (χ0n) is 14.7. The molecule has 0 aromatic rings. The van der Waals surface area contributed by atoms with Crippen molar-refractivity contribution in [3.8, 4) is 0 Å². The van der Waals surface area contributed by atoms with E-state index in [-0.39, 0.29) is 24.0 Å². The van der Waals surface area contributed by atoms with Crippen molar-refractivity contribution in [1.82, 2.24) is 15.1 Å². The second kappa shape index (κ2) is 12.1. The van der Waals surface area contributed by atoms with Gasteiger partial charge in [-0.05, 0) is 39.8 Å². The van der Waals surface area contributed by atoms with E-state index in [2.05, 4.69) is 15.2 Å². The SMILES string of the molecule is CCOC1CCN(C(=NC)NCCCN(C)CC(F)(F)F)CC1.I. The highest BCUT2D eigenvalue weighted by atomic mass is 127. The minimum atomic E-state index is -4.14. The molecule has 0 atom stereocenters. The lowest BCUT2D eigenvalue weighted by molar-refractivity contribution is -0.143. The standard InChI is InChI=1S/C15H29F3N4O.HI/c1-4-23-13-6-10-22(11-7-13)14(19-2)20-8-5-9-21(3)12-15(16,17)18;/h13H,4-12H2,1-3H3,(H,19,20);1H. The number of nitrogens with zero attached hydrogens (tertiary/aromatic N) is 3. The van der Waals surface area contributed by atoms with Crippen LogP contribution in [0.15, 0.2) is 4.99 Å². The van der Waals surface area contributed by atoms with Crippen LogP contribution in [0, 0.1) is 0 Å². The van der Waals surface area contributed by atoms with Gasteiger partial charge >= 0.3 is 6.18 Å². The minimum Gasteiger partial charge on any atom is -0.378 e. The highest BCUT2D eigenvalue weighted by molar-refractivity contribution is 14.0. The number of likely N-dealkylation sites (tertiary alicyclic amines) is 1. The summed E-state index contributed by atoms with van der Waals surface area (Å²) in [5.74, 6) is 0.818. The van der Waals surface area contributed by atoms with Gasteiger partial charge in [0.1, 0.15) is 0 Å². The van der Waals surface area contributed by atoms with Crippen molar-refractivity contribution >= 4 is 29.9 Å². The van der Waals surface area contributed by atoms with Gasteiger partial charge in [-0.1, -0.05) is 0 Å². The molecule has 9 heteroatoms. The van der Waals surface area contributed by atoms with Crippen LogP contribution in [0.2, 0.25) is 0 Å². The summed E-state index contributed by atoms with van der Waals surface area (Å²) in [7, 11) is 3.22. The molecule has 0 amide bonds. The van der Waals surface area contributed by atoms with Gasteiger partial charge in [-0.15, -0.1) is 24.0 Å². The molecule has 0 saturated carbocycles.